The van der Waals surface area contributed by atoms with Crippen LogP contribution in [-0.4, -0.2) is 16.7 Å². The summed E-state index contributed by atoms with van der Waals surface area (Å²) >= 11 is 0. The minimum absolute atomic E-state index is 0.124. The lowest BCUT2D eigenvalue weighted by Gasteiger charge is -2.17. The summed E-state index contributed by atoms with van der Waals surface area (Å²) in [7, 11) is 0. The Morgan fingerprint density at radius 2 is 1.96 bits per heavy atom. The Balaban J connectivity index is 1.89. The first-order valence-corrected chi connectivity index (χ1v) is 7.54. The number of alkyl halides is 3. The van der Waals surface area contributed by atoms with E-state index in [1.54, 1.807) is 24.4 Å². The molecule has 2 rings (SSSR count). The van der Waals surface area contributed by atoms with Crippen LogP contribution in [0.5, 0.6) is 0 Å². The molecule has 0 saturated heterocycles. The third-order valence-corrected chi connectivity index (χ3v) is 3.61. The van der Waals surface area contributed by atoms with Gasteiger partial charge in [-0.2, -0.15) is 13.2 Å². The van der Waals surface area contributed by atoms with Crippen LogP contribution in [0, 0.1) is 0 Å². The first-order chi connectivity index (χ1) is 11.8. The molecule has 6 heteroatoms. The first kappa shape index (κ1) is 18.7. The standard InChI is InChI=1S/C19H18F3NO2/c1-13(18(24)16-6-4-9-23-12-16)14(2)25-10-8-15-5-3-7-17(11-15)19(20,21)22/h3-7,9,11-12,18,24H,1-2,8,10H2. The monoisotopic (exact) mass is 349 g/mol. The fourth-order valence-corrected chi connectivity index (χ4v) is 2.18. The molecule has 1 unspecified atom stereocenters. The molecule has 0 saturated carbocycles. The highest BCUT2D eigenvalue weighted by Crippen LogP contribution is 2.30. The molecule has 0 radical (unpaired) electrons. The van der Waals surface area contributed by atoms with Crippen molar-refractivity contribution in [3.63, 3.8) is 0 Å². The summed E-state index contributed by atoms with van der Waals surface area (Å²) in [5, 5.41) is 10.2. The summed E-state index contributed by atoms with van der Waals surface area (Å²) in [6, 6.07) is 8.45. The number of benzene rings is 1. The molecule has 2 aromatic rings. The van der Waals surface area contributed by atoms with E-state index in [-0.39, 0.29) is 24.4 Å². The third-order valence-electron chi connectivity index (χ3n) is 3.61. The van der Waals surface area contributed by atoms with Gasteiger partial charge >= 0.3 is 6.18 Å². The van der Waals surface area contributed by atoms with Crippen molar-refractivity contribution in [2.24, 2.45) is 0 Å². The average molecular weight is 349 g/mol. The molecule has 3 nitrogen and oxygen atoms in total. The minimum Gasteiger partial charge on any atom is -0.493 e. The predicted molar refractivity (Wildman–Crippen MR) is 88.6 cm³/mol. The lowest BCUT2D eigenvalue weighted by Crippen LogP contribution is -2.08. The smallest absolute Gasteiger partial charge is 0.416 e. The Bertz CT molecular complexity index is 742. The van der Waals surface area contributed by atoms with Crippen molar-refractivity contribution >= 4 is 0 Å². The molecule has 0 fully saturated rings. The average Bonchev–Trinajstić information content (AvgIpc) is 2.60. The van der Waals surface area contributed by atoms with Gasteiger partial charge in [0.05, 0.1) is 12.2 Å². The maximum Gasteiger partial charge on any atom is 0.416 e. The van der Waals surface area contributed by atoms with Gasteiger partial charge < -0.3 is 9.84 Å². The fraction of sp³-hybridized carbons (Fsp3) is 0.211. The van der Waals surface area contributed by atoms with Gasteiger partial charge in [-0.1, -0.05) is 37.4 Å². The second kappa shape index (κ2) is 7.98. The van der Waals surface area contributed by atoms with E-state index in [1.165, 1.54) is 12.3 Å². The van der Waals surface area contributed by atoms with Gasteiger partial charge in [0.25, 0.3) is 0 Å². The van der Waals surface area contributed by atoms with Gasteiger partial charge in [0, 0.05) is 30.0 Å². The summed E-state index contributed by atoms with van der Waals surface area (Å²) in [6.07, 6.45) is -2.01. The fourth-order valence-electron chi connectivity index (χ4n) is 2.18. The molecule has 0 aliphatic heterocycles. The number of aliphatic hydroxyl groups is 1. The zero-order valence-electron chi connectivity index (χ0n) is 13.5. The topological polar surface area (TPSA) is 42.4 Å². The van der Waals surface area contributed by atoms with E-state index < -0.39 is 17.8 Å². The van der Waals surface area contributed by atoms with E-state index in [0.29, 0.717) is 11.1 Å². The number of rotatable bonds is 7. The molecule has 1 N–H and O–H groups in total. The molecule has 25 heavy (non-hydrogen) atoms. The second-order valence-corrected chi connectivity index (χ2v) is 5.43. The van der Waals surface area contributed by atoms with Gasteiger partial charge in [-0.3, -0.25) is 4.98 Å². The number of hydrogen-bond donors (Lipinski definition) is 1. The summed E-state index contributed by atoms with van der Waals surface area (Å²) in [5.74, 6) is 0.184. The van der Waals surface area contributed by atoms with Gasteiger partial charge in [0.2, 0.25) is 0 Å². The van der Waals surface area contributed by atoms with Gasteiger partial charge in [0.1, 0.15) is 11.9 Å². The number of aliphatic hydroxyl groups excluding tert-OH is 1. The van der Waals surface area contributed by atoms with Crippen molar-refractivity contribution in [3.8, 4) is 0 Å². The molecule has 1 atom stereocenters. The van der Waals surface area contributed by atoms with Crippen molar-refractivity contribution in [1.29, 1.82) is 0 Å². The van der Waals surface area contributed by atoms with Crippen LogP contribution in [-0.2, 0) is 17.3 Å². The molecule has 0 amide bonds. The zero-order chi connectivity index (χ0) is 18.4. The maximum absolute atomic E-state index is 12.7. The predicted octanol–water partition coefficient (Wildman–Crippen LogP) is 4.46. The Morgan fingerprint density at radius 1 is 1.20 bits per heavy atom. The van der Waals surface area contributed by atoms with Crippen LogP contribution in [0.1, 0.15) is 22.8 Å². The van der Waals surface area contributed by atoms with Crippen molar-refractivity contribution in [1.82, 2.24) is 4.98 Å². The molecule has 1 heterocycles. The Hall–Kier alpha value is -2.60. The third kappa shape index (κ3) is 5.19. The maximum atomic E-state index is 12.7. The largest absolute Gasteiger partial charge is 0.493 e. The Morgan fingerprint density at radius 3 is 2.60 bits per heavy atom. The lowest BCUT2D eigenvalue weighted by atomic mass is 10.0. The van der Waals surface area contributed by atoms with Gasteiger partial charge in [0.15, 0.2) is 0 Å². The normalized spacial score (nSPS) is 12.5. The van der Waals surface area contributed by atoms with Crippen LogP contribution in [0.3, 0.4) is 0 Å². The van der Waals surface area contributed by atoms with Crippen molar-refractivity contribution < 1.29 is 23.0 Å². The summed E-state index contributed by atoms with van der Waals surface area (Å²) in [5.41, 5.74) is 0.633. The van der Waals surface area contributed by atoms with Crippen LogP contribution >= 0.6 is 0 Å². The highest BCUT2D eigenvalue weighted by atomic mass is 19.4. The summed E-state index contributed by atoms with van der Waals surface area (Å²) in [6.45, 7) is 7.58. The van der Waals surface area contributed by atoms with Crippen LogP contribution in [0.25, 0.3) is 0 Å². The van der Waals surface area contributed by atoms with Crippen LogP contribution < -0.4 is 0 Å². The molecule has 0 bridgehead atoms. The number of nitrogens with zero attached hydrogens (tertiary/aromatic N) is 1. The van der Waals surface area contributed by atoms with Crippen molar-refractivity contribution in [3.05, 3.63) is 90.0 Å². The first-order valence-electron chi connectivity index (χ1n) is 7.54. The number of ether oxygens (including phenoxy) is 1. The van der Waals surface area contributed by atoms with Crippen LogP contribution in [0.2, 0.25) is 0 Å². The van der Waals surface area contributed by atoms with Gasteiger partial charge in [-0.25, -0.2) is 0 Å². The van der Waals surface area contributed by atoms with E-state index in [2.05, 4.69) is 18.1 Å². The summed E-state index contributed by atoms with van der Waals surface area (Å²) in [4.78, 5) is 3.91. The van der Waals surface area contributed by atoms with Gasteiger partial charge in [-0.15, -0.1) is 0 Å². The molecule has 132 valence electrons. The SMILES string of the molecule is C=C(OCCc1cccc(C(F)(F)F)c1)C(=C)C(O)c1cccnc1. The minimum atomic E-state index is -4.37. The Labute approximate surface area is 144 Å². The van der Waals surface area contributed by atoms with Crippen LogP contribution in [0.4, 0.5) is 13.2 Å². The number of halogens is 3. The highest BCUT2D eigenvalue weighted by molar-refractivity contribution is 5.31. The molecule has 0 spiro atoms. The number of pyridine rings is 1. The number of aromatic nitrogens is 1. The molecule has 1 aromatic heterocycles. The van der Waals surface area contributed by atoms with E-state index in [0.717, 1.165) is 12.1 Å². The zero-order valence-corrected chi connectivity index (χ0v) is 13.5. The van der Waals surface area contributed by atoms with Crippen molar-refractivity contribution in [2.45, 2.75) is 18.7 Å². The second-order valence-electron chi connectivity index (χ2n) is 5.43. The molecule has 0 aliphatic rings. The lowest BCUT2D eigenvalue weighted by molar-refractivity contribution is -0.137. The van der Waals surface area contributed by atoms with E-state index in [9.17, 15) is 18.3 Å². The molecule has 0 aliphatic carbocycles. The number of hydrogen-bond acceptors (Lipinski definition) is 3. The summed E-state index contributed by atoms with van der Waals surface area (Å²) < 4.78 is 43.5. The molecular weight excluding hydrogens is 331 g/mol. The van der Waals surface area contributed by atoms with E-state index in [1.807, 2.05) is 0 Å². The Kier molecular flexibility index (Phi) is 5.98. The molecule has 1 aromatic carbocycles. The van der Waals surface area contributed by atoms with E-state index >= 15 is 0 Å². The van der Waals surface area contributed by atoms with Crippen molar-refractivity contribution in [2.75, 3.05) is 6.61 Å². The van der Waals surface area contributed by atoms with Gasteiger partial charge in [-0.05, 0) is 17.7 Å². The molecular formula is C19H18F3NO2. The highest BCUT2D eigenvalue weighted by Gasteiger charge is 2.30. The van der Waals surface area contributed by atoms with E-state index in [4.69, 9.17) is 4.74 Å². The van der Waals surface area contributed by atoms with Crippen LogP contribution in [0.15, 0.2) is 73.3 Å². The quantitative estimate of drug-likeness (QED) is 0.593.